The SMILES string of the molecule is C#CCNC(=NC)N1CCCC(C)(CCC)C1. The maximum absolute atomic E-state index is 5.28. The van der Waals surface area contributed by atoms with Crippen molar-refractivity contribution in [2.75, 3.05) is 26.7 Å². The lowest BCUT2D eigenvalue weighted by atomic mass is 9.78. The molecule has 17 heavy (non-hydrogen) atoms. The lowest BCUT2D eigenvalue weighted by Crippen LogP contribution is -2.49. The normalized spacial score (nSPS) is 25.5. The molecule has 0 aromatic rings. The van der Waals surface area contributed by atoms with Gasteiger partial charge in [0.15, 0.2) is 5.96 Å². The number of piperidine rings is 1. The average molecular weight is 235 g/mol. The predicted octanol–water partition coefficient (Wildman–Crippen LogP) is 2.10. The molecule has 3 nitrogen and oxygen atoms in total. The van der Waals surface area contributed by atoms with Crippen molar-refractivity contribution in [2.45, 2.75) is 39.5 Å². The number of hydrogen-bond acceptors (Lipinski definition) is 1. The largest absolute Gasteiger partial charge is 0.345 e. The average Bonchev–Trinajstić information content (AvgIpc) is 2.30. The number of likely N-dealkylation sites (tertiary alicyclic amines) is 1. The van der Waals surface area contributed by atoms with E-state index in [4.69, 9.17) is 6.42 Å². The van der Waals surface area contributed by atoms with Gasteiger partial charge in [-0.25, -0.2) is 0 Å². The first-order valence-corrected chi connectivity index (χ1v) is 6.54. The van der Waals surface area contributed by atoms with Crippen LogP contribution in [0.3, 0.4) is 0 Å². The number of guanidine groups is 1. The number of hydrogen-bond donors (Lipinski definition) is 1. The second-order valence-corrected chi connectivity index (χ2v) is 5.19. The molecule has 1 aliphatic heterocycles. The van der Waals surface area contributed by atoms with E-state index in [1.165, 1.54) is 25.7 Å². The van der Waals surface area contributed by atoms with Crippen molar-refractivity contribution >= 4 is 5.96 Å². The summed E-state index contributed by atoms with van der Waals surface area (Å²) in [6, 6.07) is 0. The zero-order valence-electron chi connectivity index (χ0n) is 11.4. The summed E-state index contributed by atoms with van der Waals surface area (Å²) >= 11 is 0. The summed E-state index contributed by atoms with van der Waals surface area (Å²) in [5, 5.41) is 3.21. The Morgan fingerprint density at radius 3 is 2.94 bits per heavy atom. The van der Waals surface area contributed by atoms with Gasteiger partial charge in [-0.2, -0.15) is 0 Å². The molecule has 0 radical (unpaired) electrons. The van der Waals surface area contributed by atoms with Gasteiger partial charge in [-0.05, 0) is 24.7 Å². The molecule has 3 heteroatoms. The Bertz CT molecular complexity index is 299. The zero-order valence-corrected chi connectivity index (χ0v) is 11.4. The highest BCUT2D eigenvalue weighted by Gasteiger charge is 2.31. The van der Waals surface area contributed by atoms with Crippen molar-refractivity contribution in [3.8, 4) is 12.3 Å². The molecule has 0 aromatic heterocycles. The Hall–Kier alpha value is -1.17. The molecule has 0 spiro atoms. The van der Waals surface area contributed by atoms with E-state index in [2.05, 4.69) is 35.0 Å². The Kier molecular flexibility index (Phi) is 5.34. The predicted molar refractivity (Wildman–Crippen MR) is 74.0 cm³/mol. The second kappa shape index (κ2) is 6.54. The lowest BCUT2D eigenvalue weighted by Gasteiger charge is -2.41. The first-order chi connectivity index (χ1) is 8.15. The monoisotopic (exact) mass is 235 g/mol. The lowest BCUT2D eigenvalue weighted by molar-refractivity contribution is 0.143. The van der Waals surface area contributed by atoms with Crippen molar-refractivity contribution in [2.24, 2.45) is 10.4 Å². The smallest absolute Gasteiger partial charge is 0.194 e. The standard InChI is InChI=1S/C14H25N3/c1-5-8-14(3)9-7-11-17(12-14)13(15-4)16-10-6-2/h2H,5,7-12H2,1,3-4H3,(H,15,16). The van der Waals surface area contributed by atoms with Crippen molar-refractivity contribution in [1.82, 2.24) is 10.2 Å². The number of nitrogens with one attached hydrogen (secondary N) is 1. The first-order valence-electron chi connectivity index (χ1n) is 6.54. The summed E-state index contributed by atoms with van der Waals surface area (Å²) in [5.41, 5.74) is 0.431. The van der Waals surface area contributed by atoms with Gasteiger partial charge in [0.1, 0.15) is 0 Å². The minimum Gasteiger partial charge on any atom is -0.345 e. The van der Waals surface area contributed by atoms with Gasteiger partial charge in [0.05, 0.1) is 6.54 Å². The minimum absolute atomic E-state index is 0.431. The van der Waals surface area contributed by atoms with Crippen LogP contribution in [0.1, 0.15) is 39.5 Å². The molecule has 0 bridgehead atoms. The van der Waals surface area contributed by atoms with E-state index in [9.17, 15) is 0 Å². The van der Waals surface area contributed by atoms with Crippen LogP contribution in [0.25, 0.3) is 0 Å². The van der Waals surface area contributed by atoms with E-state index in [-0.39, 0.29) is 0 Å². The molecule has 1 rings (SSSR count). The molecule has 1 unspecified atom stereocenters. The van der Waals surface area contributed by atoms with E-state index in [0.29, 0.717) is 12.0 Å². The molecule has 1 saturated heterocycles. The third-order valence-electron chi connectivity index (χ3n) is 3.49. The maximum Gasteiger partial charge on any atom is 0.194 e. The van der Waals surface area contributed by atoms with E-state index < -0.39 is 0 Å². The molecular formula is C14H25N3. The van der Waals surface area contributed by atoms with E-state index in [1.807, 2.05) is 7.05 Å². The highest BCUT2D eigenvalue weighted by molar-refractivity contribution is 5.80. The van der Waals surface area contributed by atoms with Crippen LogP contribution < -0.4 is 5.32 Å². The van der Waals surface area contributed by atoms with Crippen molar-refractivity contribution in [3.63, 3.8) is 0 Å². The van der Waals surface area contributed by atoms with Gasteiger partial charge in [0.25, 0.3) is 0 Å². The van der Waals surface area contributed by atoms with E-state index >= 15 is 0 Å². The van der Waals surface area contributed by atoms with Gasteiger partial charge in [0.2, 0.25) is 0 Å². The molecular weight excluding hydrogens is 210 g/mol. The third kappa shape index (κ3) is 3.96. The van der Waals surface area contributed by atoms with Crippen LogP contribution in [-0.2, 0) is 0 Å². The van der Waals surface area contributed by atoms with Gasteiger partial charge in [-0.1, -0.05) is 26.2 Å². The Balaban J connectivity index is 2.62. The summed E-state index contributed by atoms with van der Waals surface area (Å²) in [7, 11) is 1.82. The highest BCUT2D eigenvalue weighted by Crippen LogP contribution is 2.33. The topological polar surface area (TPSA) is 27.6 Å². The number of nitrogens with zero attached hydrogens (tertiary/aromatic N) is 2. The highest BCUT2D eigenvalue weighted by atomic mass is 15.3. The van der Waals surface area contributed by atoms with Crippen LogP contribution in [0.5, 0.6) is 0 Å². The minimum atomic E-state index is 0.431. The molecule has 0 aromatic carbocycles. The summed E-state index contributed by atoms with van der Waals surface area (Å²) in [6.45, 7) is 7.37. The summed E-state index contributed by atoms with van der Waals surface area (Å²) < 4.78 is 0. The Morgan fingerprint density at radius 1 is 1.59 bits per heavy atom. The van der Waals surface area contributed by atoms with Crippen LogP contribution in [0, 0.1) is 17.8 Å². The Labute approximate surface area is 106 Å². The van der Waals surface area contributed by atoms with Crippen molar-refractivity contribution in [3.05, 3.63) is 0 Å². The second-order valence-electron chi connectivity index (χ2n) is 5.19. The fraction of sp³-hybridized carbons (Fsp3) is 0.786. The van der Waals surface area contributed by atoms with Crippen LogP contribution in [0.4, 0.5) is 0 Å². The van der Waals surface area contributed by atoms with Crippen molar-refractivity contribution in [1.29, 1.82) is 0 Å². The van der Waals surface area contributed by atoms with Gasteiger partial charge < -0.3 is 10.2 Å². The van der Waals surface area contributed by atoms with Crippen LogP contribution >= 0.6 is 0 Å². The van der Waals surface area contributed by atoms with Crippen molar-refractivity contribution < 1.29 is 0 Å². The molecule has 1 heterocycles. The fourth-order valence-electron chi connectivity index (χ4n) is 2.77. The molecule has 0 amide bonds. The van der Waals surface area contributed by atoms with Crippen LogP contribution in [0.15, 0.2) is 4.99 Å². The molecule has 0 saturated carbocycles. The van der Waals surface area contributed by atoms with Gasteiger partial charge in [0, 0.05) is 20.1 Å². The summed E-state index contributed by atoms with van der Waals surface area (Å²) in [5.74, 6) is 3.55. The summed E-state index contributed by atoms with van der Waals surface area (Å²) in [4.78, 5) is 6.65. The molecule has 1 N–H and O–H groups in total. The molecule has 1 atom stereocenters. The third-order valence-corrected chi connectivity index (χ3v) is 3.49. The van der Waals surface area contributed by atoms with Crippen LogP contribution in [0.2, 0.25) is 0 Å². The molecule has 96 valence electrons. The van der Waals surface area contributed by atoms with Gasteiger partial charge in [-0.3, -0.25) is 4.99 Å². The van der Waals surface area contributed by atoms with Crippen LogP contribution in [-0.4, -0.2) is 37.5 Å². The molecule has 0 aliphatic carbocycles. The summed E-state index contributed by atoms with van der Waals surface area (Å²) in [6.07, 6.45) is 10.4. The molecule has 1 fully saturated rings. The van der Waals surface area contributed by atoms with Gasteiger partial charge >= 0.3 is 0 Å². The fourth-order valence-corrected chi connectivity index (χ4v) is 2.77. The number of rotatable bonds is 3. The van der Waals surface area contributed by atoms with E-state index in [0.717, 1.165) is 19.0 Å². The number of aliphatic imine (C=N–C) groups is 1. The first kappa shape index (κ1) is 13.9. The number of terminal acetylenes is 1. The Morgan fingerprint density at radius 2 is 2.35 bits per heavy atom. The molecule has 1 aliphatic rings. The van der Waals surface area contributed by atoms with Gasteiger partial charge in [-0.15, -0.1) is 6.42 Å². The quantitative estimate of drug-likeness (QED) is 0.461. The zero-order chi connectivity index (χ0) is 12.7. The maximum atomic E-state index is 5.28. The van der Waals surface area contributed by atoms with E-state index in [1.54, 1.807) is 0 Å².